The molecule has 1 saturated heterocycles. The molecule has 1 unspecified atom stereocenters. The summed E-state index contributed by atoms with van der Waals surface area (Å²) in [6.45, 7) is 5.79. The SMILES string of the molecule is Cc1ccsc1C1(C(C)N)COC1. The van der Waals surface area contributed by atoms with Crippen LogP contribution in [0.2, 0.25) is 0 Å². The summed E-state index contributed by atoms with van der Waals surface area (Å²) in [5.74, 6) is 0. The first-order valence-electron chi connectivity index (χ1n) is 4.55. The molecule has 2 rings (SSSR count). The molecule has 1 aromatic heterocycles. The normalized spacial score (nSPS) is 22.4. The van der Waals surface area contributed by atoms with Gasteiger partial charge in [0, 0.05) is 10.9 Å². The Bertz CT molecular complexity index is 302. The number of hydrogen-bond acceptors (Lipinski definition) is 3. The summed E-state index contributed by atoms with van der Waals surface area (Å²) in [5, 5.41) is 2.13. The smallest absolute Gasteiger partial charge is 0.0664 e. The molecule has 0 spiro atoms. The zero-order valence-electron chi connectivity index (χ0n) is 8.04. The fourth-order valence-corrected chi connectivity index (χ4v) is 3.01. The van der Waals surface area contributed by atoms with Crippen LogP contribution in [0, 0.1) is 6.92 Å². The van der Waals surface area contributed by atoms with Gasteiger partial charge in [-0.15, -0.1) is 11.3 Å². The molecule has 0 aromatic carbocycles. The van der Waals surface area contributed by atoms with Gasteiger partial charge in [-0.05, 0) is 30.9 Å². The van der Waals surface area contributed by atoms with Gasteiger partial charge in [0.2, 0.25) is 0 Å². The Labute approximate surface area is 82.7 Å². The van der Waals surface area contributed by atoms with Crippen LogP contribution in [0.3, 0.4) is 0 Å². The minimum absolute atomic E-state index is 0.109. The molecular weight excluding hydrogens is 182 g/mol. The van der Waals surface area contributed by atoms with Crippen molar-refractivity contribution < 1.29 is 4.74 Å². The number of hydrogen-bond donors (Lipinski definition) is 1. The van der Waals surface area contributed by atoms with Gasteiger partial charge in [0.05, 0.1) is 18.6 Å². The highest BCUT2D eigenvalue weighted by molar-refractivity contribution is 7.10. The van der Waals surface area contributed by atoms with Crippen molar-refractivity contribution in [2.45, 2.75) is 25.3 Å². The van der Waals surface area contributed by atoms with Crippen LogP contribution in [0.1, 0.15) is 17.4 Å². The average molecular weight is 197 g/mol. The highest BCUT2D eigenvalue weighted by Gasteiger charge is 2.45. The first-order valence-corrected chi connectivity index (χ1v) is 5.43. The van der Waals surface area contributed by atoms with E-state index in [0.29, 0.717) is 0 Å². The van der Waals surface area contributed by atoms with Crippen LogP contribution in [-0.4, -0.2) is 19.3 Å². The Morgan fingerprint density at radius 2 is 2.31 bits per heavy atom. The highest BCUT2D eigenvalue weighted by atomic mass is 32.1. The molecule has 72 valence electrons. The Balaban J connectivity index is 2.37. The van der Waals surface area contributed by atoms with Crippen LogP contribution in [-0.2, 0) is 10.2 Å². The lowest BCUT2D eigenvalue weighted by Gasteiger charge is -2.44. The predicted molar refractivity (Wildman–Crippen MR) is 55.2 cm³/mol. The van der Waals surface area contributed by atoms with Crippen LogP contribution in [0.5, 0.6) is 0 Å². The molecule has 2 N–H and O–H groups in total. The molecule has 3 heteroatoms. The molecule has 0 bridgehead atoms. The topological polar surface area (TPSA) is 35.2 Å². The van der Waals surface area contributed by atoms with E-state index in [-0.39, 0.29) is 11.5 Å². The number of thiophene rings is 1. The van der Waals surface area contributed by atoms with Gasteiger partial charge in [0.25, 0.3) is 0 Å². The van der Waals surface area contributed by atoms with Crippen LogP contribution in [0.15, 0.2) is 11.4 Å². The predicted octanol–water partition coefficient (Wildman–Crippen LogP) is 1.67. The first-order chi connectivity index (χ1) is 6.17. The molecule has 1 aliphatic heterocycles. The number of rotatable bonds is 2. The van der Waals surface area contributed by atoms with Gasteiger partial charge in [-0.2, -0.15) is 0 Å². The summed E-state index contributed by atoms with van der Waals surface area (Å²) in [4.78, 5) is 1.41. The van der Waals surface area contributed by atoms with E-state index in [0.717, 1.165) is 13.2 Å². The molecule has 0 saturated carbocycles. The molecule has 1 aliphatic rings. The second kappa shape index (κ2) is 3.08. The monoisotopic (exact) mass is 197 g/mol. The van der Waals surface area contributed by atoms with E-state index in [2.05, 4.69) is 25.3 Å². The minimum atomic E-state index is 0.109. The summed E-state index contributed by atoms with van der Waals surface area (Å²) in [6, 6.07) is 2.33. The van der Waals surface area contributed by atoms with E-state index in [1.165, 1.54) is 10.4 Å². The average Bonchev–Trinajstić information content (AvgIpc) is 2.34. The van der Waals surface area contributed by atoms with Crippen molar-refractivity contribution in [3.8, 4) is 0 Å². The third-order valence-electron chi connectivity index (χ3n) is 2.91. The van der Waals surface area contributed by atoms with Crippen molar-refractivity contribution in [2.24, 2.45) is 5.73 Å². The molecular formula is C10H15NOS. The van der Waals surface area contributed by atoms with Gasteiger partial charge in [-0.1, -0.05) is 0 Å². The Morgan fingerprint density at radius 1 is 1.62 bits per heavy atom. The maximum atomic E-state index is 6.02. The van der Waals surface area contributed by atoms with E-state index in [4.69, 9.17) is 10.5 Å². The number of ether oxygens (including phenoxy) is 1. The molecule has 1 aromatic rings. The van der Waals surface area contributed by atoms with E-state index in [1.807, 2.05) is 0 Å². The van der Waals surface area contributed by atoms with Crippen molar-refractivity contribution in [1.29, 1.82) is 0 Å². The third-order valence-corrected chi connectivity index (χ3v) is 4.14. The second-order valence-corrected chi connectivity index (χ2v) is 4.79. The largest absolute Gasteiger partial charge is 0.379 e. The van der Waals surface area contributed by atoms with Gasteiger partial charge < -0.3 is 10.5 Å². The zero-order chi connectivity index (χ0) is 9.47. The molecule has 1 fully saturated rings. The maximum absolute atomic E-state index is 6.02. The summed E-state index contributed by atoms with van der Waals surface area (Å²) in [6.07, 6.45) is 0. The molecule has 1 atom stereocenters. The van der Waals surface area contributed by atoms with Gasteiger partial charge >= 0.3 is 0 Å². The van der Waals surface area contributed by atoms with E-state index in [1.54, 1.807) is 11.3 Å². The van der Waals surface area contributed by atoms with Gasteiger partial charge in [-0.25, -0.2) is 0 Å². The summed E-state index contributed by atoms with van der Waals surface area (Å²) >= 11 is 1.80. The van der Waals surface area contributed by atoms with Crippen molar-refractivity contribution in [3.05, 3.63) is 21.9 Å². The van der Waals surface area contributed by atoms with E-state index >= 15 is 0 Å². The summed E-state index contributed by atoms with van der Waals surface area (Å²) < 4.78 is 5.30. The number of aryl methyl sites for hydroxylation is 1. The molecule has 0 amide bonds. The fourth-order valence-electron chi connectivity index (χ4n) is 1.81. The second-order valence-electron chi connectivity index (χ2n) is 3.87. The zero-order valence-corrected chi connectivity index (χ0v) is 8.86. The summed E-state index contributed by atoms with van der Waals surface area (Å²) in [5.41, 5.74) is 7.48. The van der Waals surface area contributed by atoms with Crippen LogP contribution >= 0.6 is 11.3 Å². The number of nitrogens with two attached hydrogens (primary N) is 1. The highest BCUT2D eigenvalue weighted by Crippen LogP contribution is 2.39. The summed E-state index contributed by atoms with van der Waals surface area (Å²) in [7, 11) is 0. The Hall–Kier alpha value is -0.380. The lowest BCUT2D eigenvalue weighted by atomic mass is 9.77. The van der Waals surface area contributed by atoms with Gasteiger partial charge in [0.1, 0.15) is 0 Å². The lowest BCUT2D eigenvalue weighted by molar-refractivity contribution is -0.0685. The standard InChI is InChI=1S/C10H15NOS/c1-7-3-4-13-9(7)10(8(2)11)5-12-6-10/h3-4,8H,5-6,11H2,1-2H3. The maximum Gasteiger partial charge on any atom is 0.0664 e. The van der Waals surface area contributed by atoms with Gasteiger partial charge in [-0.3, -0.25) is 0 Å². The molecule has 13 heavy (non-hydrogen) atoms. The van der Waals surface area contributed by atoms with Gasteiger partial charge in [0.15, 0.2) is 0 Å². The lowest BCUT2D eigenvalue weighted by Crippen LogP contribution is -2.57. The molecule has 0 aliphatic carbocycles. The minimum Gasteiger partial charge on any atom is -0.379 e. The van der Waals surface area contributed by atoms with Crippen molar-refractivity contribution in [1.82, 2.24) is 0 Å². The van der Waals surface area contributed by atoms with Crippen LogP contribution in [0.4, 0.5) is 0 Å². The van der Waals surface area contributed by atoms with E-state index < -0.39 is 0 Å². The van der Waals surface area contributed by atoms with E-state index in [9.17, 15) is 0 Å². The van der Waals surface area contributed by atoms with Crippen molar-refractivity contribution >= 4 is 11.3 Å². The molecule has 0 radical (unpaired) electrons. The first kappa shape index (κ1) is 9.19. The molecule has 2 nitrogen and oxygen atoms in total. The fraction of sp³-hybridized carbons (Fsp3) is 0.600. The van der Waals surface area contributed by atoms with Crippen molar-refractivity contribution in [3.63, 3.8) is 0 Å². The third kappa shape index (κ3) is 1.23. The van der Waals surface area contributed by atoms with Crippen LogP contribution in [0.25, 0.3) is 0 Å². The Morgan fingerprint density at radius 3 is 2.62 bits per heavy atom. The Kier molecular flexibility index (Phi) is 2.18. The van der Waals surface area contributed by atoms with Crippen molar-refractivity contribution in [2.75, 3.05) is 13.2 Å². The molecule has 2 heterocycles. The van der Waals surface area contributed by atoms with Crippen LogP contribution < -0.4 is 5.73 Å². The quantitative estimate of drug-likeness (QED) is 0.782.